The number of halogens is 1. The van der Waals surface area contributed by atoms with Crippen LogP contribution in [-0.2, 0) is 22.5 Å². The molecule has 4 aromatic carbocycles. The first-order valence-corrected chi connectivity index (χ1v) is 16.0. The number of anilines is 1. The summed E-state index contributed by atoms with van der Waals surface area (Å²) < 4.78 is 24.1. The molecule has 1 amide bonds. The van der Waals surface area contributed by atoms with Crippen molar-refractivity contribution in [3.05, 3.63) is 124 Å². The minimum atomic E-state index is -1.30. The zero-order chi connectivity index (χ0) is 32.4. The van der Waals surface area contributed by atoms with Gasteiger partial charge in [0.05, 0.1) is 20.3 Å². The van der Waals surface area contributed by atoms with Gasteiger partial charge < -0.3 is 28.7 Å². The van der Waals surface area contributed by atoms with E-state index in [9.17, 15) is 4.79 Å². The number of aliphatic hydroxyl groups excluding tert-OH is 1. The highest BCUT2D eigenvalue weighted by Crippen LogP contribution is 2.48. The van der Waals surface area contributed by atoms with Gasteiger partial charge in [0.25, 0.3) is 11.8 Å². The molecule has 1 aromatic heterocycles. The molecular formula is C36H31BrN4O6. The van der Waals surface area contributed by atoms with Crippen LogP contribution in [0.15, 0.2) is 111 Å². The van der Waals surface area contributed by atoms with Gasteiger partial charge in [-0.15, -0.1) is 0 Å². The van der Waals surface area contributed by atoms with Crippen LogP contribution in [0.4, 0.5) is 5.69 Å². The number of nitrogens with zero attached hydrogens (tertiary/aromatic N) is 4. The molecule has 47 heavy (non-hydrogen) atoms. The Morgan fingerprint density at radius 1 is 0.957 bits per heavy atom. The summed E-state index contributed by atoms with van der Waals surface area (Å²) in [5, 5.41) is 13.3. The van der Waals surface area contributed by atoms with Crippen LogP contribution < -0.4 is 14.4 Å². The van der Waals surface area contributed by atoms with Gasteiger partial charge >= 0.3 is 0 Å². The Bertz CT molecular complexity index is 1910. The standard InChI is InChI=1S/C36H31BrN4O6/c1-44-28-15-9-24(10-16-28)33-38-31(40-47-33)22-41-30-6-3-2-5-26(30)21-36(35(41)43)32(23-7-13-27(37)14-8-23)46-34(39-36)25-11-17-29(18-12-25)45-20-4-19-42/h2-3,5-18,32,42H,4,19-22H2,1H3/t32-,36-/m0/s1. The molecule has 2 aliphatic rings. The van der Waals surface area contributed by atoms with Gasteiger partial charge in [-0.25, -0.2) is 4.99 Å². The average molecular weight is 696 g/mol. The molecule has 0 bridgehead atoms. The van der Waals surface area contributed by atoms with Crippen LogP contribution in [0.5, 0.6) is 11.5 Å². The van der Waals surface area contributed by atoms with E-state index in [-0.39, 0.29) is 19.1 Å². The molecule has 238 valence electrons. The number of para-hydroxylation sites is 1. The molecule has 5 aromatic rings. The Morgan fingerprint density at radius 3 is 2.43 bits per heavy atom. The first kappa shape index (κ1) is 30.6. The molecule has 1 spiro atoms. The van der Waals surface area contributed by atoms with Crippen LogP contribution in [0.2, 0.25) is 0 Å². The number of carbonyl (C=O) groups is 1. The van der Waals surface area contributed by atoms with Gasteiger partial charge in [0.1, 0.15) is 11.5 Å². The van der Waals surface area contributed by atoms with Gasteiger partial charge in [-0.3, -0.25) is 4.79 Å². The number of rotatable bonds is 10. The first-order valence-electron chi connectivity index (χ1n) is 15.2. The molecule has 0 saturated carbocycles. The Kier molecular flexibility index (Phi) is 8.48. The van der Waals surface area contributed by atoms with E-state index in [1.807, 2.05) is 97.1 Å². The highest BCUT2D eigenvalue weighted by atomic mass is 79.9. The molecule has 2 atom stereocenters. The van der Waals surface area contributed by atoms with E-state index in [1.54, 1.807) is 12.0 Å². The molecule has 11 heteroatoms. The number of aromatic nitrogens is 2. The lowest BCUT2D eigenvalue weighted by Crippen LogP contribution is -2.55. The number of ether oxygens (including phenoxy) is 3. The van der Waals surface area contributed by atoms with Gasteiger partial charge in [-0.1, -0.05) is 51.4 Å². The quantitative estimate of drug-likeness (QED) is 0.169. The average Bonchev–Trinajstić information content (AvgIpc) is 3.73. The highest BCUT2D eigenvalue weighted by molar-refractivity contribution is 9.10. The number of aliphatic imine (C=N–C) groups is 1. The lowest BCUT2D eigenvalue weighted by atomic mass is 9.78. The number of aliphatic hydroxyl groups is 1. The molecule has 2 aliphatic heterocycles. The Labute approximate surface area is 279 Å². The molecule has 0 radical (unpaired) electrons. The summed E-state index contributed by atoms with van der Waals surface area (Å²) in [4.78, 5) is 26.3. The van der Waals surface area contributed by atoms with Gasteiger partial charge in [0, 0.05) is 40.7 Å². The van der Waals surface area contributed by atoms with E-state index in [0.29, 0.717) is 42.8 Å². The smallest absolute Gasteiger partial charge is 0.260 e. The van der Waals surface area contributed by atoms with Crippen LogP contribution in [0.1, 0.15) is 35.0 Å². The van der Waals surface area contributed by atoms with E-state index in [1.165, 1.54) is 0 Å². The van der Waals surface area contributed by atoms with Crippen molar-refractivity contribution in [1.82, 2.24) is 10.1 Å². The third kappa shape index (κ3) is 5.99. The third-order valence-corrected chi connectivity index (χ3v) is 8.80. The Hall–Kier alpha value is -5.00. The SMILES string of the molecule is COc1ccc(-c2nc(CN3C(=O)[C@@]4(Cc5ccccc53)N=C(c3ccc(OCCCO)cc3)O[C@H]4c3ccc(Br)cc3)no2)cc1. The van der Waals surface area contributed by atoms with E-state index in [2.05, 4.69) is 26.1 Å². The number of hydrogen-bond donors (Lipinski definition) is 1. The third-order valence-electron chi connectivity index (χ3n) is 8.27. The number of methoxy groups -OCH3 is 1. The molecule has 0 fully saturated rings. The van der Waals surface area contributed by atoms with Crippen molar-refractivity contribution in [1.29, 1.82) is 0 Å². The second-order valence-corrected chi connectivity index (χ2v) is 12.2. The van der Waals surface area contributed by atoms with Gasteiger partial charge in [-0.2, -0.15) is 4.98 Å². The molecule has 7 rings (SSSR count). The van der Waals surface area contributed by atoms with Crippen molar-refractivity contribution >= 4 is 33.4 Å². The summed E-state index contributed by atoms with van der Waals surface area (Å²) in [6.07, 6.45) is 0.186. The lowest BCUT2D eigenvalue weighted by Gasteiger charge is -2.40. The normalized spacial score (nSPS) is 18.5. The van der Waals surface area contributed by atoms with Gasteiger partial charge in [0.2, 0.25) is 5.90 Å². The van der Waals surface area contributed by atoms with Crippen LogP contribution >= 0.6 is 15.9 Å². The monoisotopic (exact) mass is 694 g/mol. The summed E-state index contributed by atoms with van der Waals surface area (Å²) >= 11 is 3.53. The van der Waals surface area contributed by atoms with Crippen molar-refractivity contribution in [2.45, 2.75) is 31.0 Å². The number of benzene rings is 4. The molecule has 0 aliphatic carbocycles. The number of fused-ring (bicyclic) bond motifs is 1. The summed E-state index contributed by atoms with van der Waals surface area (Å²) in [6.45, 7) is 0.551. The van der Waals surface area contributed by atoms with E-state index < -0.39 is 11.6 Å². The van der Waals surface area contributed by atoms with E-state index in [4.69, 9.17) is 28.8 Å². The second-order valence-electron chi connectivity index (χ2n) is 11.3. The fraction of sp³-hybridized carbons (Fsp3) is 0.222. The summed E-state index contributed by atoms with van der Waals surface area (Å²) in [6, 6.07) is 30.3. The van der Waals surface area contributed by atoms with E-state index in [0.717, 1.165) is 38.2 Å². The predicted molar refractivity (Wildman–Crippen MR) is 178 cm³/mol. The van der Waals surface area contributed by atoms with Crippen molar-refractivity contribution in [2.24, 2.45) is 4.99 Å². The van der Waals surface area contributed by atoms with Crippen molar-refractivity contribution in [3.8, 4) is 23.0 Å². The number of amides is 1. The molecule has 10 nitrogen and oxygen atoms in total. The first-order chi connectivity index (χ1) is 23.0. The van der Waals surface area contributed by atoms with Crippen LogP contribution in [-0.4, -0.2) is 52.9 Å². The predicted octanol–water partition coefficient (Wildman–Crippen LogP) is 6.32. The molecule has 3 heterocycles. The zero-order valence-corrected chi connectivity index (χ0v) is 27.1. The van der Waals surface area contributed by atoms with Gasteiger partial charge in [-0.05, 0) is 77.9 Å². The fourth-order valence-corrected chi connectivity index (χ4v) is 6.19. The molecule has 1 N–H and O–H groups in total. The molecule has 0 unspecified atom stereocenters. The molecular weight excluding hydrogens is 664 g/mol. The minimum Gasteiger partial charge on any atom is -0.497 e. The summed E-state index contributed by atoms with van der Waals surface area (Å²) in [5.41, 5.74) is 2.71. The topological polar surface area (TPSA) is 120 Å². The molecule has 0 saturated heterocycles. The zero-order valence-electron chi connectivity index (χ0n) is 25.5. The van der Waals surface area contributed by atoms with Gasteiger partial charge in [0.15, 0.2) is 17.5 Å². The maximum Gasteiger partial charge on any atom is 0.260 e. The lowest BCUT2D eigenvalue weighted by molar-refractivity contribution is -0.127. The maximum atomic E-state index is 14.9. The van der Waals surface area contributed by atoms with Crippen molar-refractivity contribution < 1.29 is 28.6 Å². The van der Waals surface area contributed by atoms with Crippen molar-refractivity contribution in [3.63, 3.8) is 0 Å². The fourth-order valence-electron chi connectivity index (χ4n) is 5.93. The largest absolute Gasteiger partial charge is 0.497 e. The van der Waals surface area contributed by atoms with Crippen LogP contribution in [0, 0.1) is 0 Å². The maximum absolute atomic E-state index is 14.9. The number of hydrogen-bond acceptors (Lipinski definition) is 9. The second kappa shape index (κ2) is 13.0. The minimum absolute atomic E-state index is 0.0625. The number of carbonyl (C=O) groups excluding carboxylic acids is 1. The van der Waals surface area contributed by atoms with E-state index >= 15 is 0 Å². The van der Waals surface area contributed by atoms with Crippen LogP contribution in [0.25, 0.3) is 11.5 Å². The van der Waals surface area contributed by atoms with Crippen molar-refractivity contribution in [2.75, 3.05) is 25.2 Å². The highest BCUT2D eigenvalue weighted by Gasteiger charge is 2.57. The summed E-state index contributed by atoms with van der Waals surface area (Å²) in [5.74, 6) is 2.23. The Morgan fingerprint density at radius 2 is 1.68 bits per heavy atom. The summed E-state index contributed by atoms with van der Waals surface area (Å²) in [7, 11) is 1.61. The Balaban J connectivity index is 1.26. The van der Waals surface area contributed by atoms with Crippen LogP contribution in [0.3, 0.4) is 0 Å².